The third kappa shape index (κ3) is 3.26. The van der Waals surface area contributed by atoms with E-state index in [4.69, 9.17) is 0 Å². The summed E-state index contributed by atoms with van der Waals surface area (Å²) in [5, 5.41) is 0. The van der Waals surface area contributed by atoms with E-state index in [0.717, 1.165) is 29.8 Å². The number of carbonyl (C=O) groups is 1. The van der Waals surface area contributed by atoms with Crippen LogP contribution >= 0.6 is 0 Å². The van der Waals surface area contributed by atoms with E-state index in [0.29, 0.717) is 6.54 Å². The zero-order chi connectivity index (χ0) is 18.8. The van der Waals surface area contributed by atoms with Crippen molar-refractivity contribution in [2.45, 2.75) is 18.9 Å². The van der Waals surface area contributed by atoms with E-state index in [2.05, 4.69) is 9.88 Å². The predicted molar refractivity (Wildman–Crippen MR) is 98.5 cm³/mol. The summed E-state index contributed by atoms with van der Waals surface area (Å²) in [6.45, 7) is 1.55. The highest BCUT2D eigenvalue weighted by Gasteiger charge is 2.28. The van der Waals surface area contributed by atoms with Gasteiger partial charge in [0.05, 0.1) is 0 Å². The smallest absolute Gasteiger partial charge is 0.331 e. The zero-order valence-corrected chi connectivity index (χ0v) is 15.3. The lowest BCUT2D eigenvalue weighted by atomic mass is 10.0. The van der Waals surface area contributed by atoms with Gasteiger partial charge in [-0.3, -0.25) is 18.7 Å². The highest BCUT2D eigenvalue weighted by Crippen LogP contribution is 2.20. The van der Waals surface area contributed by atoms with Crippen molar-refractivity contribution in [1.29, 1.82) is 0 Å². The van der Waals surface area contributed by atoms with Gasteiger partial charge in [0.2, 0.25) is 0 Å². The Bertz CT molecular complexity index is 919. The van der Waals surface area contributed by atoms with Crippen molar-refractivity contribution in [2.75, 3.05) is 25.0 Å². The highest BCUT2D eigenvalue weighted by molar-refractivity contribution is 5.92. The number of carbonyl (C=O) groups excluding carboxylic acids is 1. The van der Waals surface area contributed by atoms with Crippen LogP contribution in [0.2, 0.25) is 0 Å². The molecule has 0 N–H and O–H groups in total. The van der Waals surface area contributed by atoms with Crippen LogP contribution in [-0.2, 0) is 14.1 Å². The summed E-state index contributed by atoms with van der Waals surface area (Å²) in [5.74, 6) is 0.564. The second kappa shape index (κ2) is 7.15. The number of rotatable bonds is 3. The Balaban J connectivity index is 1.83. The van der Waals surface area contributed by atoms with Gasteiger partial charge >= 0.3 is 5.69 Å². The third-order valence-corrected chi connectivity index (χ3v) is 4.98. The van der Waals surface area contributed by atoms with Gasteiger partial charge in [-0.25, -0.2) is 9.78 Å². The van der Waals surface area contributed by atoms with E-state index in [-0.39, 0.29) is 17.6 Å². The minimum absolute atomic E-state index is 0.0163. The summed E-state index contributed by atoms with van der Waals surface area (Å²) in [6.07, 6.45) is 3.56. The van der Waals surface area contributed by atoms with Crippen molar-refractivity contribution < 1.29 is 4.79 Å². The first-order valence-electron chi connectivity index (χ1n) is 8.60. The van der Waals surface area contributed by atoms with Crippen molar-refractivity contribution >= 4 is 11.7 Å². The van der Waals surface area contributed by atoms with Gasteiger partial charge in [-0.15, -0.1) is 0 Å². The molecule has 138 valence electrons. The molecule has 0 spiro atoms. The van der Waals surface area contributed by atoms with E-state index in [9.17, 15) is 14.4 Å². The molecule has 8 heteroatoms. The Labute approximate surface area is 151 Å². The van der Waals surface area contributed by atoms with Crippen LogP contribution in [0.1, 0.15) is 23.3 Å². The van der Waals surface area contributed by atoms with Crippen LogP contribution in [0.15, 0.2) is 40.1 Å². The van der Waals surface area contributed by atoms with Crippen molar-refractivity contribution in [3.63, 3.8) is 0 Å². The molecule has 0 aromatic carbocycles. The zero-order valence-electron chi connectivity index (χ0n) is 15.3. The van der Waals surface area contributed by atoms with Crippen LogP contribution < -0.4 is 16.1 Å². The third-order valence-electron chi connectivity index (χ3n) is 4.98. The lowest BCUT2D eigenvalue weighted by Gasteiger charge is -2.38. The van der Waals surface area contributed by atoms with E-state index in [1.807, 2.05) is 18.2 Å². The molecule has 0 unspecified atom stereocenters. The van der Waals surface area contributed by atoms with Gasteiger partial charge in [0.15, 0.2) is 0 Å². The van der Waals surface area contributed by atoms with Crippen LogP contribution in [0.5, 0.6) is 0 Å². The number of hydrogen-bond donors (Lipinski definition) is 0. The van der Waals surface area contributed by atoms with Gasteiger partial charge in [-0.05, 0) is 25.0 Å². The van der Waals surface area contributed by atoms with E-state index < -0.39 is 11.2 Å². The van der Waals surface area contributed by atoms with Crippen molar-refractivity contribution in [3.05, 3.63) is 57.0 Å². The Morgan fingerprint density at radius 1 is 1.23 bits per heavy atom. The first-order chi connectivity index (χ1) is 12.4. The molecule has 2 aromatic rings. The molecule has 8 nitrogen and oxygen atoms in total. The molecule has 2 aromatic heterocycles. The average Bonchev–Trinajstić information content (AvgIpc) is 2.68. The Morgan fingerprint density at radius 2 is 2.00 bits per heavy atom. The fourth-order valence-electron chi connectivity index (χ4n) is 3.30. The summed E-state index contributed by atoms with van der Waals surface area (Å²) >= 11 is 0. The number of anilines is 1. The SMILES string of the molecule is CN(C(=O)c1cc(=O)n(C)c(=O)n1C)[C@H]1CCCN(c2ccccn2)C1. The van der Waals surface area contributed by atoms with Crippen LogP contribution in [0, 0.1) is 0 Å². The van der Waals surface area contributed by atoms with E-state index in [1.165, 1.54) is 24.7 Å². The van der Waals surface area contributed by atoms with Crippen LogP contribution in [-0.4, -0.2) is 51.1 Å². The van der Waals surface area contributed by atoms with Crippen LogP contribution in [0.4, 0.5) is 5.82 Å². The molecule has 1 aliphatic rings. The van der Waals surface area contributed by atoms with Gasteiger partial charge in [0.25, 0.3) is 11.5 Å². The molecule has 3 heterocycles. The number of nitrogens with zero attached hydrogens (tertiary/aromatic N) is 5. The summed E-state index contributed by atoms with van der Waals surface area (Å²) in [4.78, 5) is 45.1. The maximum absolute atomic E-state index is 12.9. The first-order valence-corrected chi connectivity index (χ1v) is 8.60. The molecular formula is C18H23N5O3. The molecule has 1 atom stereocenters. The summed E-state index contributed by atoms with van der Waals surface area (Å²) < 4.78 is 2.21. The largest absolute Gasteiger partial charge is 0.355 e. The number of piperidine rings is 1. The Morgan fingerprint density at radius 3 is 2.69 bits per heavy atom. The summed E-state index contributed by atoms with van der Waals surface area (Å²) in [6, 6.07) is 6.97. The minimum Gasteiger partial charge on any atom is -0.355 e. The molecule has 0 radical (unpaired) electrons. The molecular weight excluding hydrogens is 334 g/mol. The lowest BCUT2D eigenvalue weighted by molar-refractivity contribution is 0.0705. The number of likely N-dealkylation sites (N-methyl/N-ethyl adjacent to an activating group) is 1. The second-order valence-corrected chi connectivity index (χ2v) is 6.61. The normalized spacial score (nSPS) is 17.2. The van der Waals surface area contributed by atoms with Crippen molar-refractivity contribution in [3.8, 4) is 0 Å². The standard InChI is InChI=1S/C18H23N5O3/c1-20(17(25)14-11-16(24)22(3)18(26)21(14)2)13-7-6-10-23(12-13)15-8-4-5-9-19-15/h4-5,8-9,11,13H,6-7,10,12H2,1-3H3/t13-/m0/s1. The molecule has 3 rings (SSSR count). The summed E-state index contributed by atoms with van der Waals surface area (Å²) in [5.41, 5.74) is -0.882. The quantitative estimate of drug-likeness (QED) is 0.785. The molecule has 1 saturated heterocycles. The van der Waals surface area contributed by atoms with Crippen molar-refractivity contribution in [1.82, 2.24) is 19.0 Å². The Hall–Kier alpha value is -2.90. The predicted octanol–water partition coefficient (Wildman–Crippen LogP) is 0.220. The van der Waals surface area contributed by atoms with Gasteiger partial charge in [-0.2, -0.15) is 0 Å². The minimum atomic E-state index is -0.506. The number of pyridine rings is 1. The van der Waals surface area contributed by atoms with Gasteiger partial charge in [0, 0.05) is 52.5 Å². The van der Waals surface area contributed by atoms with Crippen LogP contribution in [0.3, 0.4) is 0 Å². The maximum atomic E-state index is 12.9. The van der Waals surface area contributed by atoms with Gasteiger partial charge < -0.3 is 9.80 Å². The van der Waals surface area contributed by atoms with Crippen molar-refractivity contribution in [2.24, 2.45) is 14.1 Å². The lowest BCUT2D eigenvalue weighted by Crippen LogP contribution is -2.50. The molecule has 26 heavy (non-hydrogen) atoms. The van der Waals surface area contributed by atoms with Crippen LogP contribution in [0.25, 0.3) is 0 Å². The number of aromatic nitrogens is 3. The monoisotopic (exact) mass is 357 g/mol. The molecule has 1 aliphatic heterocycles. The summed E-state index contributed by atoms with van der Waals surface area (Å²) in [7, 11) is 4.62. The number of amides is 1. The Kier molecular flexibility index (Phi) is 4.92. The highest BCUT2D eigenvalue weighted by atomic mass is 16.2. The second-order valence-electron chi connectivity index (χ2n) is 6.61. The topological polar surface area (TPSA) is 80.4 Å². The molecule has 0 bridgehead atoms. The van der Waals surface area contributed by atoms with Gasteiger partial charge in [0.1, 0.15) is 11.5 Å². The maximum Gasteiger partial charge on any atom is 0.331 e. The van der Waals surface area contributed by atoms with E-state index >= 15 is 0 Å². The number of hydrogen-bond acceptors (Lipinski definition) is 5. The first kappa shape index (κ1) is 17.9. The van der Waals surface area contributed by atoms with Gasteiger partial charge in [-0.1, -0.05) is 6.07 Å². The van der Waals surface area contributed by atoms with E-state index in [1.54, 1.807) is 18.1 Å². The fraction of sp³-hybridized carbons (Fsp3) is 0.444. The molecule has 1 amide bonds. The fourth-order valence-corrected chi connectivity index (χ4v) is 3.30. The molecule has 1 fully saturated rings. The molecule has 0 aliphatic carbocycles. The molecule has 0 saturated carbocycles. The average molecular weight is 357 g/mol.